The predicted octanol–water partition coefficient (Wildman–Crippen LogP) is 2.94. The molecule has 1 aromatic heterocycles. The summed E-state index contributed by atoms with van der Waals surface area (Å²) in [6, 6.07) is 8.35. The summed E-state index contributed by atoms with van der Waals surface area (Å²) in [5, 5.41) is 0. The van der Waals surface area contributed by atoms with Crippen LogP contribution in [0.25, 0.3) is 0 Å². The SMILES string of the molecule is Cc1ccc(S(=O)(=O)N[C@H](C)c2ccco2)c(C)c1. The van der Waals surface area contributed by atoms with Gasteiger partial charge in [-0.1, -0.05) is 17.7 Å². The number of benzene rings is 1. The Morgan fingerprint density at radius 3 is 2.53 bits per heavy atom. The lowest BCUT2D eigenvalue weighted by Gasteiger charge is -2.14. The Bertz CT molecular complexity index is 660. The van der Waals surface area contributed by atoms with Gasteiger partial charge in [0.1, 0.15) is 5.76 Å². The molecule has 4 nitrogen and oxygen atoms in total. The minimum atomic E-state index is -3.54. The first-order chi connectivity index (χ1) is 8.90. The van der Waals surface area contributed by atoms with Crippen molar-refractivity contribution in [1.29, 1.82) is 0 Å². The molecule has 1 N–H and O–H groups in total. The quantitative estimate of drug-likeness (QED) is 0.936. The third-order valence-electron chi connectivity index (χ3n) is 2.92. The van der Waals surface area contributed by atoms with Gasteiger partial charge in [0, 0.05) is 0 Å². The number of hydrogen-bond acceptors (Lipinski definition) is 3. The first-order valence-corrected chi connectivity index (χ1v) is 7.51. The highest BCUT2D eigenvalue weighted by atomic mass is 32.2. The molecule has 1 aromatic carbocycles. The van der Waals surface area contributed by atoms with Gasteiger partial charge in [-0.2, -0.15) is 0 Å². The van der Waals surface area contributed by atoms with E-state index in [1.807, 2.05) is 13.0 Å². The number of sulfonamides is 1. The summed E-state index contributed by atoms with van der Waals surface area (Å²) < 4.78 is 32.4. The van der Waals surface area contributed by atoms with Gasteiger partial charge in [0.15, 0.2) is 0 Å². The Balaban J connectivity index is 2.28. The normalized spacial score (nSPS) is 13.4. The van der Waals surface area contributed by atoms with E-state index in [1.165, 1.54) is 6.26 Å². The van der Waals surface area contributed by atoms with Crippen molar-refractivity contribution in [2.75, 3.05) is 0 Å². The average Bonchev–Trinajstić information content (AvgIpc) is 2.80. The van der Waals surface area contributed by atoms with Crippen molar-refractivity contribution in [2.45, 2.75) is 31.7 Å². The maximum atomic E-state index is 12.3. The van der Waals surface area contributed by atoms with Crippen LogP contribution < -0.4 is 4.72 Å². The summed E-state index contributed by atoms with van der Waals surface area (Å²) in [4.78, 5) is 0.302. The van der Waals surface area contributed by atoms with E-state index in [9.17, 15) is 8.42 Å². The summed E-state index contributed by atoms with van der Waals surface area (Å²) in [6.07, 6.45) is 1.53. The van der Waals surface area contributed by atoms with Crippen molar-refractivity contribution in [2.24, 2.45) is 0 Å². The van der Waals surface area contributed by atoms with Crippen molar-refractivity contribution in [3.8, 4) is 0 Å². The zero-order chi connectivity index (χ0) is 14.0. The fourth-order valence-electron chi connectivity index (χ4n) is 1.99. The Morgan fingerprint density at radius 1 is 1.21 bits per heavy atom. The van der Waals surface area contributed by atoms with E-state index >= 15 is 0 Å². The lowest BCUT2D eigenvalue weighted by Crippen LogP contribution is -2.27. The first kappa shape index (κ1) is 13.8. The molecular formula is C14H17NO3S. The second kappa shape index (κ2) is 5.19. The number of nitrogens with one attached hydrogen (secondary N) is 1. The van der Waals surface area contributed by atoms with Crippen LogP contribution in [0.3, 0.4) is 0 Å². The molecule has 0 unspecified atom stereocenters. The molecule has 0 aliphatic rings. The third kappa shape index (κ3) is 3.05. The molecule has 0 saturated heterocycles. The van der Waals surface area contributed by atoms with E-state index in [1.54, 1.807) is 38.1 Å². The smallest absolute Gasteiger partial charge is 0.241 e. The Morgan fingerprint density at radius 2 is 1.95 bits per heavy atom. The predicted molar refractivity (Wildman–Crippen MR) is 73.4 cm³/mol. The summed E-state index contributed by atoms with van der Waals surface area (Å²) in [5.41, 5.74) is 1.77. The van der Waals surface area contributed by atoms with Gasteiger partial charge in [-0.05, 0) is 44.5 Å². The van der Waals surface area contributed by atoms with Crippen molar-refractivity contribution < 1.29 is 12.8 Å². The van der Waals surface area contributed by atoms with Crippen molar-refractivity contribution in [3.05, 3.63) is 53.5 Å². The van der Waals surface area contributed by atoms with E-state index in [0.29, 0.717) is 10.7 Å². The molecular weight excluding hydrogens is 262 g/mol. The van der Waals surface area contributed by atoms with Crippen LogP contribution >= 0.6 is 0 Å². The van der Waals surface area contributed by atoms with Gasteiger partial charge in [0.05, 0.1) is 17.2 Å². The van der Waals surface area contributed by atoms with Crippen LogP contribution in [0.1, 0.15) is 29.9 Å². The second-order valence-corrected chi connectivity index (χ2v) is 6.31. The van der Waals surface area contributed by atoms with E-state index in [-0.39, 0.29) is 0 Å². The van der Waals surface area contributed by atoms with Gasteiger partial charge >= 0.3 is 0 Å². The molecule has 102 valence electrons. The van der Waals surface area contributed by atoms with Gasteiger partial charge < -0.3 is 4.42 Å². The molecule has 0 bridgehead atoms. The van der Waals surface area contributed by atoms with Crippen LogP contribution in [-0.2, 0) is 10.0 Å². The summed E-state index contributed by atoms with van der Waals surface area (Å²) in [6.45, 7) is 5.47. The van der Waals surface area contributed by atoms with Gasteiger partial charge in [0.25, 0.3) is 0 Å². The van der Waals surface area contributed by atoms with Gasteiger partial charge in [-0.25, -0.2) is 13.1 Å². The molecule has 2 rings (SSSR count). The molecule has 19 heavy (non-hydrogen) atoms. The van der Waals surface area contributed by atoms with E-state index < -0.39 is 16.1 Å². The molecule has 0 aliphatic carbocycles. The lowest BCUT2D eigenvalue weighted by molar-refractivity contribution is 0.459. The van der Waals surface area contributed by atoms with Gasteiger partial charge in [-0.3, -0.25) is 0 Å². The van der Waals surface area contributed by atoms with Crippen LogP contribution in [0.4, 0.5) is 0 Å². The van der Waals surface area contributed by atoms with Crippen LogP contribution in [0.15, 0.2) is 45.9 Å². The molecule has 1 atom stereocenters. The maximum Gasteiger partial charge on any atom is 0.241 e. The van der Waals surface area contributed by atoms with Crippen LogP contribution in [0.2, 0.25) is 0 Å². The standard InChI is InChI=1S/C14H17NO3S/c1-10-6-7-14(11(2)9-10)19(16,17)15-12(3)13-5-4-8-18-13/h4-9,12,15H,1-3H3/t12-/m1/s1. The van der Waals surface area contributed by atoms with Crippen LogP contribution in [-0.4, -0.2) is 8.42 Å². The summed E-state index contributed by atoms with van der Waals surface area (Å²) in [7, 11) is -3.54. The van der Waals surface area contributed by atoms with Crippen molar-refractivity contribution in [3.63, 3.8) is 0 Å². The Labute approximate surface area is 113 Å². The van der Waals surface area contributed by atoms with Crippen LogP contribution in [0.5, 0.6) is 0 Å². The third-order valence-corrected chi connectivity index (χ3v) is 4.62. The lowest BCUT2D eigenvalue weighted by atomic mass is 10.2. The second-order valence-electron chi connectivity index (χ2n) is 4.63. The molecule has 5 heteroatoms. The maximum absolute atomic E-state index is 12.3. The fraction of sp³-hybridized carbons (Fsp3) is 0.286. The van der Waals surface area contributed by atoms with Crippen molar-refractivity contribution >= 4 is 10.0 Å². The minimum Gasteiger partial charge on any atom is -0.468 e. The monoisotopic (exact) mass is 279 g/mol. The number of furan rings is 1. The average molecular weight is 279 g/mol. The highest BCUT2D eigenvalue weighted by molar-refractivity contribution is 7.89. The first-order valence-electron chi connectivity index (χ1n) is 6.03. The van der Waals surface area contributed by atoms with E-state index in [4.69, 9.17) is 4.42 Å². The molecule has 0 radical (unpaired) electrons. The molecule has 2 aromatic rings. The van der Waals surface area contributed by atoms with E-state index in [0.717, 1.165) is 11.1 Å². The van der Waals surface area contributed by atoms with Gasteiger partial charge in [0.2, 0.25) is 10.0 Å². The number of rotatable bonds is 4. The highest BCUT2D eigenvalue weighted by Gasteiger charge is 2.21. The highest BCUT2D eigenvalue weighted by Crippen LogP contribution is 2.20. The largest absolute Gasteiger partial charge is 0.468 e. The number of hydrogen-bond donors (Lipinski definition) is 1. The number of aryl methyl sites for hydroxylation is 2. The molecule has 0 amide bonds. The zero-order valence-electron chi connectivity index (χ0n) is 11.2. The fourth-order valence-corrected chi connectivity index (χ4v) is 3.43. The minimum absolute atomic E-state index is 0.302. The van der Waals surface area contributed by atoms with Gasteiger partial charge in [-0.15, -0.1) is 0 Å². The summed E-state index contributed by atoms with van der Waals surface area (Å²) >= 11 is 0. The molecule has 0 spiro atoms. The molecule has 0 aliphatic heterocycles. The van der Waals surface area contributed by atoms with Crippen LogP contribution in [0, 0.1) is 13.8 Å². The molecule has 0 saturated carbocycles. The summed E-state index contributed by atoms with van der Waals surface area (Å²) in [5.74, 6) is 0.591. The Hall–Kier alpha value is -1.59. The van der Waals surface area contributed by atoms with E-state index in [2.05, 4.69) is 4.72 Å². The Kier molecular flexibility index (Phi) is 3.78. The molecule has 0 fully saturated rings. The zero-order valence-corrected chi connectivity index (χ0v) is 12.0. The van der Waals surface area contributed by atoms with Crippen molar-refractivity contribution in [1.82, 2.24) is 4.72 Å². The topological polar surface area (TPSA) is 59.3 Å². The molecule has 1 heterocycles.